The predicted molar refractivity (Wildman–Crippen MR) is 129 cm³/mol. The van der Waals surface area contributed by atoms with E-state index in [1.807, 2.05) is 23.1 Å². The van der Waals surface area contributed by atoms with Crippen molar-refractivity contribution in [2.24, 2.45) is 10.9 Å². The van der Waals surface area contributed by atoms with Gasteiger partial charge in [0.15, 0.2) is 0 Å². The fourth-order valence-corrected chi connectivity index (χ4v) is 5.60. The maximum atomic E-state index is 13.1. The van der Waals surface area contributed by atoms with Gasteiger partial charge >= 0.3 is 6.03 Å². The van der Waals surface area contributed by atoms with Gasteiger partial charge in [-0.2, -0.15) is 0 Å². The van der Waals surface area contributed by atoms with Crippen molar-refractivity contribution in [3.63, 3.8) is 0 Å². The highest BCUT2D eigenvalue weighted by atomic mass is 35.5. The van der Waals surface area contributed by atoms with Crippen LogP contribution in [0, 0.1) is 0 Å². The molecule has 2 fully saturated rings. The lowest BCUT2D eigenvalue weighted by molar-refractivity contribution is 0.156. The molecule has 1 saturated heterocycles. The molecule has 1 aliphatic carbocycles. The smallest absolute Gasteiger partial charge is 0.324 e. The summed E-state index contributed by atoms with van der Waals surface area (Å²) in [5.74, 6) is 0. The molecule has 10 heteroatoms. The Bertz CT molecular complexity index is 1090. The second-order valence-corrected chi connectivity index (χ2v) is 10.4. The van der Waals surface area contributed by atoms with Crippen molar-refractivity contribution in [2.75, 3.05) is 24.5 Å². The normalized spacial score (nSPS) is 23.8. The number of urea groups is 1. The summed E-state index contributed by atoms with van der Waals surface area (Å²) in [7, 11) is -3.82. The lowest BCUT2D eigenvalue weighted by Gasteiger charge is -2.42. The van der Waals surface area contributed by atoms with Crippen LogP contribution in [0.1, 0.15) is 31.2 Å². The maximum absolute atomic E-state index is 13.1. The van der Waals surface area contributed by atoms with E-state index in [0.717, 1.165) is 31.2 Å². The second kappa shape index (κ2) is 9.57. The summed E-state index contributed by atoms with van der Waals surface area (Å²) < 4.78 is 23.3. The molecule has 2 aromatic rings. The van der Waals surface area contributed by atoms with Crippen LogP contribution in [0.5, 0.6) is 0 Å². The Morgan fingerprint density at radius 1 is 1.06 bits per heavy atom. The lowest BCUT2D eigenvalue weighted by atomic mass is 9.68. The van der Waals surface area contributed by atoms with Crippen LogP contribution in [-0.2, 0) is 15.4 Å². The highest BCUT2D eigenvalue weighted by molar-refractivity contribution is 7.89. The number of carbonyl (C=O) groups excluding carboxylic acids is 1. The van der Waals surface area contributed by atoms with Crippen LogP contribution < -0.4 is 15.8 Å². The summed E-state index contributed by atoms with van der Waals surface area (Å²) in [5, 5.41) is 5.95. The molecule has 0 spiro atoms. The van der Waals surface area contributed by atoms with Crippen molar-refractivity contribution in [3.05, 3.63) is 59.1 Å². The molecular weight excluding hydrogens is 471 g/mol. The Morgan fingerprint density at radius 2 is 1.75 bits per heavy atom. The minimum Gasteiger partial charge on any atom is -0.330 e. The Hall–Kier alpha value is -1.84. The zero-order chi connectivity index (χ0) is 22.2. The average molecular weight is 499 g/mol. The summed E-state index contributed by atoms with van der Waals surface area (Å²) in [6.45, 7) is 1.66. The average Bonchev–Trinajstić information content (AvgIpc) is 3.14. The first-order valence-corrected chi connectivity index (χ1v) is 12.3. The highest BCUT2D eigenvalue weighted by Gasteiger charge is 2.41. The van der Waals surface area contributed by atoms with Crippen LogP contribution in [0.2, 0.25) is 5.02 Å². The van der Waals surface area contributed by atoms with Gasteiger partial charge < -0.3 is 10.6 Å². The first-order chi connectivity index (χ1) is 14.7. The van der Waals surface area contributed by atoms with E-state index in [1.165, 1.54) is 12.1 Å². The fourth-order valence-electron chi connectivity index (χ4n) is 4.86. The Kier molecular flexibility index (Phi) is 7.41. The number of halogens is 2. The summed E-state index contributed by atoms with van der Waals surface area (Å²) in [5.41, 5.74) is 7.79. The monoisotopic (exact) mass is 498 g/mol. The molecule has 0 aromatic heterocycles. The third-order valence-corrected chi connectivity index (χ3v) is 7.83. The largest absolute Gasteiger partial charge is 0.330 e. The number of anilines is 1. The van der Waals surface area contributed by atoms with Gasteiger partial charge in [0.25, 0.3) is 0 Å². The molecule has 32 heavy (non-hydrogen) atoms. The van der Waals surface area contributed by atoms with Gasteiger partial charge in [-0.3, -0.25) is 4.90 Å². The van der Waals surface area contributed by atoms with Gasteiger partial charge in [0.2, 0.25) is 10.0 Å². The number of amides is 2. The van der Waals surface area contributed by atoms with E-state index >= 15 is 0 Å². The van der Waals surface area contributed by atoms with Crippen LogP contribution in [-0.4, -0.2) is 45.0 Å². The van der Waals surface area contributed by atoms with Crippen molar-refractivity contribution in [1.29, 1.82) is 0 Å². The zero-order valence-electron chi connectivity index (χ0n) is 17.6. The Morgan fingerprint density at radius 3 is 2.38 bits per heavy atom. The molecular formula is C22H28Cl2N4O3S. The van der Waals surface area contributed by atoms with Gasteiger partial charge in [0.1, 0.15) is 0 Å². The third kappa shape index (κ3) is 4.75. The van der Waals surface area contributed by atoms with Crippen LogP contribution in [0.25, 0.3) is 0 Å². The molecule has 0 unspecified atom stereocenters. The third-order valence-electron chi connectivity index (χ3n) is 6.68. The molecule has 0 bridgehead atoms. The molecule has 4 rings (SSSR count). The molecule has 1 heterocycles. The molecule has 1 saturated carbocycles. The van der Waals surface area contributed by atoms with E-state index in [0.29, 0.717) is 30.3 Å². The predicted octanol–water partition coefficient (Wildman–Crippen LogP) is 3.49. The standard InChI is InChI=1S/C22H27ClN4O3S.ClH/c23-17-4-1-3-16(13-17)22(15-24)9-7-18(8-10-22)26-11-12-27(21(26)28)19-5-2-6-20(14-19)31(25,29)30;/h1-6,13-14,18H,7-12,15,24H2,(H2,25,29,30);1H. The van der Waals surface area contributed by atoms with E-state index in [1.54, 1.807) is 17.0 Å². The molecule has 2 aromatic carbocycles. The summed E-state index contributed by atoms with van der Waals surface area (Å²) >= 11 is 6.20. The van der Waals surface area contributed by atoms with Crippen molar-refractivity contribution in [3.8, 4) is 0 Å². The fraction of sp³-hybridized carbons (Fsp3) is 0.409. The summed E-state index contributed by atoms with van der Waals surface area (Å²) in [6, 6.07) is 14.2. The van der Waals surface area contributed by atoms with Gasteiger partial charge in [-0.15, -0.1) is 12.4 Å². The first-order valence-electron chi connectivity index (χ1n) is 10.4. The first kappa shape index (κ1) is 24.8. The van der Waals surface area contributed by atoms with Gasteiger partial charge in [-0.05, 0) is 61.6 Å². The number of rotatable bonds is 5. The van der Waals surface area contributed by atoms with Crippen molar-refractivity contribution in [1.82, 2.24) is 4.90 Å². The van der Waals surface area contributed by atoms with Gasteiger partial charge in [-0.1, -0.05) is 29.8 Å². The van der Waals surface area contributed by atoms with Crippen LogP contribution in [0.3, 0.4) is 0 Å². The van der Waals surface area contributed by atoms with Crippen LogP contribution >= 0.6 is 24.0 Å². The molecule has 0 atom stereocenters. The second-order valence-electron chi connectivity index (χ2n) is 8.40. The lowest BCUT2D eigenvalue weighted by Crippen LogP contribution is -2.46. The van der Waals surface area contributed by atoms with Crippen molar-refractivity contribution < 1.29 is 13.2 Å². The number of hydrogen-bond donors (Lipinski definition) is 2. The summed E-state index contributed by atoms with van der Waals surface area (Å²) in [6.07, 6.45) is 3.50. The topological polar surface area (TPSA) is 110 Å². The molecule has 4 N–H and O–H groups in total. The van der Waals surface area contributed by atoms with Crippen LogP contribution in [0.4, 0.5) is 10.5 Å². The number of primary sulfonamides is 1. The molecule has 0 radical (unpaired) electrons. The number of nitrogens with two attached hydrogens (primary N) is 2. The van der Waals surface area contributed by atoms with Gasteiger partial charge in [-0.25, -0.2) is 18.4 Å². The SMILES string of the molecule is Cl.NCC1(c2cccc(Cl)c2)CCC(N2CCN(c3cccc(S(N)(=O)=O)c3)C2=O)CC1. The van der Waals surface area contributed by atoms with E-state index in [4.69, 9.17) is 22.5 Å². The number of carbonyl (C=O) groups is 1. The van der Waals surface area contributed by atoms with Crippen molar-refractivity contribution >= 4 is 45.7 Å². The minimum atomic E-state index is -3.82. The Labute approximate surface area is 200 Å². The quantitative estimate of drug-likeness (QED) is 0.656. The molecule has 7 nitrogen and oxygen atoms in total. The number of sulfonamides is 1. The maximum Gasteiger partial charge on any atom is 0.324 e. The molecule has 174 valence electrons. The molecule has 2 amide bonds. The van der Waals surface area contributed by atoms with Crippen LogP contribution in [0.15, 0.2) is 53.4 Å². The Balaban J connectivity index is 0.00000289. The zero-order valence-corrected chi connectivity index (χ0v) is 20.0. The van der Waals surface area contributed by atoms with E-state index in [2.05, 4.69) is 6.07 Å². The highest BCUT2D eigenvalue weighted by Crippen LogP contribution is 2.41. The van der Waals surface area contributed by atoms with Gasteiger partial charge in [0.05, 0.1) is 4.90 Å². The van der Waals surface area contributed by atoms with E-state index in [9.17, 15) is 13.2 Å². The van der Waals surface area contributed by atoms with Crippen molar-refractivity contribution in [2.45, 2.75) is 42.0 Å². The molecule has 1 aliphatic heterocycles. The number of hydrogen-bond acceptors (Lipinski definition) is 4. The van der Waals surface area contributed by atoms with E-state index in [-0.39, 0.29) is 34.8 Å². The number of nitrogens with zero attached hydrogens (tertiary/aromatic N) is 2. The van der Waals surface area contributed by atoms with Gasteiger partial charge in [0, 0.05) is 41.8 Å². The summed E-state index contributed by atoms with van der Waals surface area (Å²) in [4.78, 5) is 16.7. The van der Waals surface area contributed by atoms with E-state index < -0.39 is 10.0 Å². The minimum absolute atomic E-state index is 0. The number of benzene rings is 2. The molecule has 2 aliphatic rings.